The number of carbonyl (C=O) groups is 1. The van der Waals surface area contributed by atoms with Gasteiger partial charge in [0.15, 0.2) is 8.80 Å². The Morgan fingerprint density at radius 1 is 1.15 bits per heavy atom. The van der Waals surface area contributed by atoms with Crippen LogP contribution >= 0.6 is 11.8 Å². The smallest absolute Gasteiger partial charge is 0.320 e. The van der Waals surface area contributed by atoms with Crippen molar-refractivity contribution < 1.29 is 23.9 Å². The Bertz CT molecular complexity index is 546. The molecular weight excluding hydrogens is 370 g/mol. The second-order valence-electron chi connectivity index (χ2n) is 5.57. The molecule has 0 heterocycles. The van der Waals surface area contributed by atoms with Gasteiger partial charge in [-0.05, 0) is 49.9 Å². The predicted octanol–water partition coefficient (Wildman–Crippen LogP) is 1.50. The van der Waals surface area contributed by atoms with E-state index in [9.17, 15) is 19.2 Å². The number of ether oxygens (including phenoxy) is 1. The Balaban J connectivity index is 4.36. The molecule has 0 bridgehead atoms. The summed E-state index contributed by atoms with van der Waals surface area (Å²) in [5.41, 5.74) is 2.51. The van der Waals surface area contributed by atoms with Crippen molar-refractivity contribution in [3.63, 3.8) is 0 Å². The van der Waals surface area contributed by atoms with Crippen LogP contribution in [-0.2, 0) is 23.9 Å². The average molecular weight is 398 g/mol. The van der Waals surface area contributed by atoms with Crippen molar-refractivity contribution in [1.29, 1.82) is 0 Å². The molecule has 0 amide bonds. The highest BCUT2D eigenvalue weighted by Crippen LogP contribution is 2.13. The van der Waals surface area contributed by atoms with Crippen LogP contribution in [-0.4, -0.2) is 68.8 Å². The van der Waals surface area contributed by atoms with Crippen molar-refractivity contribution >= 4 is 44.4 Å². The molecule has 0 N–H and O–H groups in total. The summed E-state index contributed by atoms with van der Waals surface area (Å²) in [6.07, 6.45) is 3.30. The number of hydrogen-bond acceptors (Lipinski definition) is 7. The van der Waals surface area contributed by atoms with Crippen molar-refractivity contribution in [3.05, 3.63) is 16.6 Å². The molecule has 0 aliphatic heterocycles. The lowest BCUT2D eigenvalue weighted by Gasteiger charge is -2.20. The fourth-order valence-electron chi connectivity index (χ4n) is 2.20. The summed E-state index contributed by atoms with van der Waals surface area (Å²) in [6, 6.07) is 0. The molecule has 26 heavy (non-hydrogen) atoms. The second-order valence-corrected chi connectivity index (χ2v) is 9.06. The molecule has 0 unspecified atom stereocenters. The maximum Gasteiger partial charge on any atom is 0.320 e. The molecule has 0 aromatic heterocycles. The van der Waals surface area contributed by atoms with Crippen molar-refractivity contribution in [2.24, 2.45) is 0 Å². The summed E-state index contributed by atoms with van der Waals surface area (Å²) in [5, 5.41) is 0.478. The highest BCUT2D eigenvalue weighted by molar-refractivity contribution is 7.99. The maximum absolute atomic E-state index is 11.6. The van der Waals surface area contributed by atoms with Gasteiger partial charge in [-0.15, -0.1) is 11.8 Å². The Labute approximate surface area is 160 Å². The summed E-state index contributed by atoms with van der Waals surface area (Å²) in [6.45, 7) is 5.39. The summed E-state index contributed by atoms with van der Waals surface area (Å²) in [7, 11) is -2.15. The molecule has 0 saturated carbocycles. The number of carbonyl (C=O) groups excluding carboxylic acids is 4. The van der Waals surface area contributed by atoms with Gasteiger partial charge in [0.1, 0.15) is 17.8 Å². The van der Waals surface area contributed by atoms with Gasteiger partial charge in [0, 0.05) is 11.1 Å². The minimum Gasteiger partial charge on any atom is -0.465 e. The van der Waals surface area contributed by atoms with E-state index in [-0.39, 0.29) is 12.5 Å². The first kappa shape index (κ1) is 24.3. The van der Waals surface area contributed by atoms with E-state index in [2.05, 4.69) is 11.8 Å². The SMILES string of the molecule is CCCCN(CSCCCC(=C=O)[SiH](C=C=O)C=C=O)CC(=O)OCC. The van der Waals surface area contributed by atoms with Gasteiger partial charge in [0.05, 0.1) is 13.2 Å². The predicted molar refractivity (Wildman–Crippen MR) is 107 cm³/mol. The van der Waals surface area contributed by atoms with Gasteiger partial charge in [-0.3, -0.25) is 9.69 Å². The third kappa shape index (κ3) is 11.8. The first-order valence-electron chi connectivity index (χ1n) is 8.74. The number of nitrogens with zero attached hydrogens (tertiary/aromatic N) is 1. The molecule has 8 heteroatoms. The van der Waals surface area contributed by atoms with Crippen molar-refractivity contribution in [2.75, 3.05) is 31.3 Å². The number of allylic oxidation sites excluding steroid dienone is 1. The molecule has 0 rings (SSSR count). The molecule has 0 fully saturated rings. The van der Waals surface area contributed by atoms with E-state index in [1.165, 1.54) is 11.4 Å². The zero-order valence-corrected chi connectivity index (χ0v) is 17.5. The third-order valence-corrected chi connectivity index (χ3v) is 6.85. The van der Waals surface area contributed by atoms with E-state index in [0.717, 1.165) is 31.6 Å². The van der Waals surface area contributed by atoms with Crippen LogP contribution in [0, 0.1) is 0 Å². The number of esters is 1. The van der Waals surface area contributed by atoms with Crippen LogP contribution in [0.15, 0.2) is 16.6 Å². The van der Waals surface area contributed by atoms with Gasteiger partial charge in [-0.25, -0.2) is 14.4 Å². The van der Waals surface area contributed by atoms with Gasteiger partial charge in [0.25, 0.3) is 0 Å². The van der Waals surface area contributed by atoms with E-state index in [4.69, 9.17) is 4.74 Å². The number of rotatable bonds is 15. The Morgan fingerprint density at radius 3 is 2.38 bits per heavy atom. The largest absolute Gasteiger partial charge is 0.465 e. The standard InChI is InChI=1S/C18H27NO5SSi/c1-3-5-8-19(14-18(23)24-4-2)16-25-11-6-7-17(15-22)26(12-9-20)13-10-21/h12-13,26H,3-8,11,14,16H2,1-2H3. The average Bonchev–Trinajstić information content (AvgIpc) is 2.62. The molecule has 0 radical (unpaired) electrons. The Kier molecular flexibility index (Phi) is 15.7. The van der Waals surface area contributed by atoms with Gasteiger partial charge in [-0.1, -0.05) is 13.3 Å². The van der Waals surface area contributed by atoms with Crippen LogP contribution in [0.25, 0.3) is 0 Å². The molecule has 0 aromatic carbocycles. The maximum atomic E-state index is 11.6. The highest BCUT2D eigenvalue weighted by atomic mass is 32.2. The van der Waals surface area contributed by atoms with E-state index in [1.807, 2.05) is 5.94 Å². The van der Waals surface area contributed by atoms with E-state index >= 15 is 0 Å². The van der Waals surface area contributed by atoms with Crippen molar-refractivity contribution in [1.82, 2.24) is 4.90 Å². The van der Waals surface area contributed by atoms with E-state index in [0.29, 0.717) is 24.1 Å². The molecule has 0 aliphatic rings. The summed E-state index contributed by atoms with van der Waals surface area (Å²) >= 11 is 1.68. The van der Waals surface area contributed by atoms with Crippen LogP contribution in [0.3, 0.4) is 0 Å². The lowest BCUT2D eigenvalue weighted by molar-refractivity contribution is -0.144. The lowest BCUT2D eigenvalue weighted by atomic mass is 10.3. The molecule has 0 aliphatic carbocycles. The van der Waals surface area contributed by atoms with Crippen molar-refractivity contribution in [3.8, 4) is 0 Å². The molecular formula is C18H27NO5SSi. The molecule has 144 valence electrons. The van der Waals surface area contributed by atoms with Gasteiger partial charge >= 0.3 is 5.97 Å². The Morgan fingerprint density at radius 2 is 1.85 bits per heavy atom. The normalized spacial score (nSPS) is 11.0. The molecule has 6 nitrogen and oxygen atoms in total. The van der Waals surface area contributed by atoms with Gasteiger partial charge in [0.2, 0.25) is 0 Å². The fourth-order valence-corrected chi connectivity index (χ4v) is 4.62. The quantitative estimate of drug-likeness (QED) is 0.136. The number of unbranched alkanes of at least 4 members (excludes halogenated alkanes) is 1. The zero-order chi connectivity index (χ0) is 19.6. The zero-order valence-electron chi connectivity index (χ0n) is 15.5. The van der Waals surface area contributed by atoms with E-state index < -0.39 is 8.80 Å². The summed E-state index contributed by atoms with van der Waals surface area (Å²) in [4.78, 5) is 45.8. The second kappa shape index (κ2) is 16.8. The van der Waals surface area contributed by atoms with E-state index in [1.54, 1.807) is 30.6 Å². The minimum atomic E-state index is -2.15. The molecule has 0 saturated heterocycles. The monoisotopic (exact) mass is 397 g/mol. The summed E-state index contributed by atoms with van der Waals surface area (Å²) in [5.74, 6) is 6.47. The van der Waals surface area contributed by atoms with Crippen LogP contribution in [0.2, 0.25) is 0 Å². The first-order chi connectivity index (χ1) is 12.6. The number of thioether (sulfide) groups is 1. The first-order valence-corrected chi connectivity index (χ1v) is 11.8. The van der Waals surface area contributed by atoms with Crippen LogP contribution < -0.4 is 0 Å². The lowest BCUT2D eigenvalue weighted by Crippen LogP contribution is -2.31. The minimum absolute atomic E-state index is 0.217. The molecule has 0 aromatic rings. The molecule has 0 atom stereocenters. The Hall–Kier alpha value is -1.65. The van der Waals surface area contributed by atoms with Gasteiger partial charge in [-0.2, -0.15) is 0 Å². The topological polar surface area (TPSA) is 80.8 Å². The third-order valence-electron chi connectivity index (χ3n) is 3.52. The van der Waals surface area contributed by atoms with Gasteiger partial charge < -0.3 is 4.74 Å². The van der Waals surface area contributed by atoms with Crippen LogP contribution in [0.5, 0.6) is 0 Å². The van der Waals surface area contributed by atoms with Crippen molar-refractivity contribution in [2.45, 2.75) is 39.5 Å². The fraction of sp³-hybridized carbons (Fsp3) is 0.611. The van der Waals surface area contributed by atoms with Crippen LogP contribution in [0.1, 0.15) is 39.5 Å². The summed E-state index contributed by atoms with van der Waals surface area (Å²) < 4.78 is 5.00. The molecule has 0 spiro atoms. The highest BCUT2D eigenvalue weighted by Gasteiger charge is 2.14. The van der Waals surface area contributed by atoms with Crippen LogP contribution in [0.4, 0.5) is 0 Å². The number of hydrogen-bond donors (Lipinski definition) is 0.